The Morgan fingerprint density at radius 2 is 1.79 bits per heavy atom. The number of ether oxygens (including phenoxy) is 1. The zero-order valence-electron chi connectivity index (χ0n) is 16.9. The monoisotopic (exact) mass is 392 g/mol. The smallest absolute Gasteiger partial charge is 0.258 e. The van der Waals surface area contributed by atoms with Crippen LogP contribution in [0.15, 0.2) is 42.5 Å². The number of carbonyl (C=O) groups is 2. The summed E-state index contributed by atoms with van der Waals surface area (Å²) in [6.45, 7) is 2.74. The number of amides is 2. The number of carbonyl (C=O) groups excluding carboxylic acids is 2. The van der Waals surface area contributed by atoms with Crippen LogP contribution in [0.2, 0.25) is 0 Å². The van der Waals surface area contributed by atoms with Crippen molar-refractivity contribution in [3.05, 3.63) is 59.2 Å². The number of fused-ring (bicyclic) bond motifs is 1. The van der Waals surface area contributed by atoms with Gasteiger partial charge in [0.2, 0.25) is 5.91 Å². The molecule has 5 nitrogen and oxygen atoms in total. The van der Waals surface area contributed by atoms with Crippen molar-refractivity contribution in [1.29, 1.82) is 0 Å². The maximum atomic E-state index is 12.3. The molecule has 1 unspecified atom stereocenters. The van der Waals surface area contributed by atoms with Gasteiger partial charge in [0.1, 0.15) is 5.75 Å². The Bertz CT molecular complexity index is 891. The molecule has 2 amide bonds. The predicted molar refractivity (Wildman–Crippen MR) is 113 cm³/mol. The van der Waals surface area contributed by atoms with E-state index < -0.39 is 0 Å². The van der Waals surface area contributed by atoms with Crippen LogP contribution in [-0.2, 0) is 22.4 Å². The summed E-state index contributed by atoms with van der Waals surface area (Å²) < 4.78 is 5.62. The lowest BCUT2D eigenvalue weighted by molar-refractivity contribution is -0.123. The second-order valence-electron chi connectivity index (χ2n) is 7.96. The van der Waals surface area contributed by atoms with Gasteiger partial charge >= 0.3 is 0 Å². The van der Waals surface area contributed by atoms with Crippen molar-refractivity contribution in [2.24, 2.45) is 0 Å². The van der Waals surface area contributed by atoms with E-state index in [2.05, 4.69) is 23.5 Å². The first-order valence-corrected chi connectivity index (χ1v) is 10.5. The molecule has 1 aliphatic heterocycles. The second kappa shape index (κ2) is 8.68. The topological polar surface area (TPSA) is 58.6 Å². The summed E-state index contributed by atoms with van der Waals surface area (Å²) in [7, 11) is 0. The molecule has 0 radical (unpaired) electrons. The Hall–Kier alpha value is -2.82. The summed E-state index contributed by atoms with van der Waals surface area (Å²) in [5.41, 5.74) is 4.88. The number of nitrogens with one attached hydrogen (secondary N) is 1. The van der Waals surface area contributed by atoms with Crippen LogP contribution < -0.4 is 15.0 Å². The minimum Gasteiger partial charge on any atom is -0.484 e. The van der Waals surface area contributed by atoms with Crippen molar-refractivity contribution >= 4 is 17.5 Å². The highest BCUT2D eigenvalue weighted by Crippen LogP contribution is 2.25. The van der Waals surface area contributed by atoms with E-state index in [-0.39, 0.29) is 24.5 Å². The fourth-order valence-corrected chi connectivity index (χ4v) is 4.18. The van der Waals surface area contributed by atoms with Gasteiger partial charge in [-0.3, -0.25) is 9.59 Å². The number of anilines is 1. The fourth-order valence-electron chi connectivity index (χ4n) is 4.18. The van der Waals surface area contributed by atoms with Gasteiger partial charge in [-0.05, 0) is 80.0 Å². The van der Waals surface area contributed by atoms with Gasteiger partial charge in [0, 0.05) is 18.7 Å². The van der Waals surface area contributed by atoms with Gasteiger partial charge in [-0.1, -0.05) is 18.2 Å². The SMILES string of the molecule is CC(NC(=O)COc1ccc(N2CCCC2=O)cc1)c1ccc2c(c1)CCCC2. The number of rotatable bonds is 6. The first kappa shape index (κ1) is 19.5. The van der Waals surface area contributed by atoms with E-state index in [1.165, 1.54) is 24.0 Å². The molecular weight excluding hydrogens is 364 g/mol. The molecule has 152 valence electrons. The average Bonchev–Trinajstić information content (AvgIpc) is 3.18. The Balaban J connectivity index is 1.29. The van der Waals surface area contributed by atoms with E-state index in [0.29, 0.717) is 12.2 Å². The molecule has 29 heavy (non-hydrogen) atoms. The number of aryl methyl sites for hydroxylation is 2. The molecule has 1 fully saturated rings. The van der Waals surface area contributed by atoms with Crippen molar-refractivity contribution in [3.8, 4) is 5.75 Å². The number of hydrogen-bond donors (Lipinski definition) is 1. The third-order valence-corrected chi connectivity index (χ3v) is 5.84. The summed E-state index contributed by atoms with van der Waals surface area (Å²) in [5, 5.41) is 3.02. The molecule has 1 atom stereocenters. The molecule has 4 rings (SSSR count). The van der Waals surface area contributed by atoms with Crippen LogP contribution in [0.25, 0.3) is 0 Å². The molecular formula is C24H28N2O3. The lowest BCUT2D eigenvalue weighted by atomic mass is 9.89. The highest BCUT2D eigenvalue weighted by molar-refractivity contribution is 5.95. The third kappa shape index (κ3) is 4.61. The Morgan fingerprint density at radius 3 is 2.52 bits per heavy atom. The third-order valence-electron chi connectivity index (χ3n) is 5.84. The molecule has 2 aromatic carbocycles. The summed E-state index contributed by atoms with van der Waals surface area (Å²) in [4.78, 5) is 25.9. The molecule has 2 aliphatic rings. The van der Waals surface area contributed by atoms with E-state index in [9.17, 15) is 9.59 Å². The largest absolute Gasteiger partial charge is 0.484 e. The molecule has 0 aromatic heterocycles. The molecule has 2 aromatic rings. The summed E-state index contributed by atoms with van der Waals surface area (Å²) in [6.07, 6.45) is 6.32. The van der Waals surface area contributed by atoms with Crippen LogP contribution in [0.4, 0.5) is 5.69 Å². The quantitative estimate of drug-likeness (QED) is 0.810. The first-order valence-electron chi connectivity index (χ1n) is 10.5. The van der Waals surface area contributed by atoms with Gasteiger partial charge in [0.05, 0.1) is 6.04 Å². The van der Waals surface area contributed by atoms with Gasteiger partial charge in [0.25, 0.3) is 5.91 Å². The first-order chi connectivity index (χ1) is 14.1. The minimum absolute atomic E-state index is 0.0305. The Labute approximate surface area is 172 Å². The van der Waals surface area contributed by atoms with E-state index in [1.54, 1.807) is 17.0 Å². The molecule has 1 aliphatic carbocycles. The molecule has 0 saturated carbocycles. The summed E-state index contributed by atoms with van der Waals surface area (Å²) in [5.74, 6) is 0.639. The van der Waals surface area contributed by atoms with Crippen LogP contribution in [0.3, 0.4) is 0 Å². The van der Waals surface area contributed by atoms with Crippen LogP contribution in [-0.4, -0.2) is 25.0 Å². The van der Waals surface area contributed by atoms with Gasteiger partial charge < -0.3 is 15.0 Å². The molecule has 0 bridgehead atoms. The van der Waals surface area contributed by atoms with E-state index in [1.807, 2.05) is 19.1 Å². The Kier molecular flexibility index (Phi) is 5.84. The predicted octanol–water partition coefficient (Wildman–Crippen LogP) is 3.95. The normalized spacial score (nSPS) is 17.0. The van der Waals surface area contributed by atoms with Crippen molar-refractivity contribution in [1.82, 2.24) is 5.32 Å². The average molecular weight is 392 g/mol. The number of benzene rings is 2. The Morgan fingerprint density at radius 1 is 1.03 bits per heavy atom. The van der Waals surface area contributed by atoms with E-state index in [4.69, 9.17) is 4.74 Å². The van der Waals surface area contributed by atoms with Crippen molar-refractivity contribution in [3.63, 3.8) is 0 Å². The zero-order valence-corrected chi connectivity index (χ0v) is 16.9. The van der Waals surface area contributed by atoms with Gasteiger partial charge in [-0.25, -0.2) is 0 Å². The lowest BCUT2D eigenvalue weighted by Gasteiger charge is -2.20. The van der Waals surface area contributed by atoms with Crippen LogP contribution in [0.5, 0.6) is 5.75 Å². The highest BCUT2D eigenvalue weighted by atomic mass is 16.5. The maximum absolute atomic E-state index is 12.3. The molecule has 5 heteroatoms. The summed E-state index contributed by atoms with van der Waals surface area (Å²) >= 11 is 0. The highest BCUT2D eigenvalue weighted by Gasteiger charge is 2.21. The van der Waals surface area contributed by atoms with Crippen LogP contribution in [0, 0.1) is 0 Å². The maximum Gasteiger partial charge on any atom is 0.258 e. The second-order valence-corrected chi connectivity index (χ2v) is 7.96. The molecule has 0 spiro atoms. The van der Waals surface area contributed by atoms with Crippen molar-refractivity contribution in [2.45, 2.75) is 51.5 Å². The molecule has 1 saturated heterocycles. The van der Waals surface area contributed by atoms with Gasteiger partial charge in [-0.15, -0.1) is 0 Å². The van der Waals surface area contributed by atoms with Crippen molar-refractivity contribution < 1.29 is 14.3 Å². The molecule has 1 heterocycles. The molecule has 1 N–H and O–H groups in total. The summed E-state index contributed by atoms with van der Waals surface area (Å²) in [6, 6.07) is 13.9. The van der Waals surface area contributed by atoms with Gasteiger partial charge in [-0.2, -0.15) is 0 Å². The van der Waals surface area contributed by atoms with Crippen molar-refractivity contribution in [2.75, 3.05) is 18.1 Å². The lowest BCUT2D eigenvalue weighted by Crippen LogP contribution is -2.31. The van der Waals surface area contributed by atoms with E-state index >= 15 is 0 Å². The van der Waals surface area contributed by atoms with Gasteiger partial charge in [0.15, 0.2) is 6.61 Å². The van der Waals surface area contributed by atoms with E-state index in [0.717, 1.165) is 37.1 Å². The minimum atomic E-state index is -0.144. The number of hydrogen-bond acceptors (Lipinski definition) is 3. The standard InChI is InChI=1S/C24H28N2O3/c1-17(19-9-8-18-5-2-3-6-20(18)15-19)25-23(27)16-29-22-12-10-21(11-13-22)26-14-4-7-24(26)28/h8-13,15,17H,2-7,14,16H2,1H3,(H,25,27). The zero-order chi connectivity index (χ0) is 20.2. The fraction of sp³-hybridized carbons (Fsp3) is 0.417. The van der Waals surface area contributed by atoms with Crippen LogP contribution >= 0.6 is 0 Å². The number of nitrogens with zero attached hydrogens (tertiary/aromatic N) is 1. The van der Waals surface area contributed by atoms with Crippen LogP contribution in [0.1, 0.15) is 55.3 Å².